The summed E-state index contributed by atoms with van der Waals surface area (Å²) in [5.74, 6) is -0.00752. The van der Waals surface area contributed by atoms with E-state index >= 15 is 0 Å². The van der Waals surface area contributed by atoms with E-state index in [-0.39, 0.29) is 17.7 Å². The van der Waals surface area contributed by atoms with Gasteiger partial charge in [0, 0.05) is 36.2 Å². The van der Waals surface area contributed by atoms with Crippen LogP contribution >= 0.6 is 0 Å². The van der Waals surface area contributed by atoms with Gasteiger partial charge in [0.2, 0.25) is 5.91 Å². The molecule has 1 aliphatic rings. The monoisotopic (exact) mass is 436 g/mol. The lowest BCUT2D eigenvalue weighted by Crippen LogP contribution is -2.24. The van der Waals surface area contributed by atoms with Crippen molar-refractivity contribution in [1.82, 2.24) is 14.8 Å². The molecular weight excluding hydrogens is 412 g/mol. The van der Waals surface area contributed by atoms with Crippen LogP contribution in [-0.4, -0.2) is 31.5 Å². The molecular formula is C27H24N4O2. The van der Waals surface area contributed by atoms with Crippen molar-refractivity contribution in [1.29, 1.82) is 0 Å². The third kappa shape index (κ3) is 3.91. The Bertz CT molecular complexity index is 1340. The van der Waals surface area contributed by atoms with E-state index in [1.54, 1.807) is 12.1 Å². The second-order valence-electron chi connectivity index (χ2n) is 8.23. The second-order valence-corrected chi connectivity index (χ2v) is 8.23. The zero-order valence-corrected chi connectivity index (χ0v) is 18.5. The quantitative estimate of drug-likeness (QED) is 0.475. The summed E-state index contributed by atoms with van der Waals surface area (Å²) in [4.78, 5) is 12.6. The van der Waals surface area contributed by atoms with E-state index in [1.807, 2.05) is 72.4 Å². The van der Waals surface area contributed by atoms with E-state index in [0.717, 1.165) is 22.5 Å². The molecule has 1 N–H and O–H groups in total. The van der Waals surface area contributed by atoms with Gasteiger partial charge in [0.15, 0.2) is 0 Å². The Morgan fingerprint density at radius 1 is 0.970 bits per heavy atom. The SMILES string of the molecule is CC(=O)N1N=C(c2ccccc2O)C[C@@H]1c1cn(-c2ccccc2)nc1-c1ccc(C)cc1. The first-order valence-electron chi connectivity index (χ1n) is 10.9. The number of aryl methyl sites for hydroxylation is 1. The molecule has 0 fully saturated rings. The highest BCUT2D eigenvalue weighted by molar-refractivity contribution is 6.05. The predicted octanol–water partition coefficient (Wildman–Crippen LogP) is 5.25. The number of benzene rings is 3. The Kier molecular flexibility index (Phi) is 5.26. The Morgan fingerprint density at radius 3 is 2.36 bits per heavy atom. The van der Waals surface area contributed by atoms with Crippen molar-refractivity contribution < 1.29 is 9.90 Å². The summed E-state index contributed by atoms with van der Waals surface area (Å²) >= 11 is 0. The van der Waals surface area contributed by atoms with Gasteiger partial charge >= 0.3 is 0 Å². The minimum atomic E-state index is -0.328. The lowest BCUT2D eigenvalue weighted by atomic mass is 9.96. The van der Waals surface area contributed by atoms with Gasteiger partial charge in [0.1, 0.15) is 5.75 Å². The van der Waals surface area contributed by atoms with Crippen LogP contribution in [0.15, 0.2) is 90.2 Å². The van der Waals surface area contributed by atoms with Crippen molar-refractivity contribution in [2.24, 2.45) is 5.10 Å². The van der Waals surface area contributed by atoms with Gasteiger partial charge in [-0.1, -0.05) is 60.2 Å². The smallest absolute Gasteiger partial charge is 0.240 e. The number of hydrogen-bond acceptors (Lipinski definition) is 4. The molecule has 0 bridgehead atoms. The first-order valence-corrected chi connectivity index (χ1v) is 10.9. The van der Waals surface area contributed by atoms with E-state index in [0.29, 0.717) is 17.7 Å². The molecule has 1 aliphatic heterocycles. The highest BCUT2D eigenvalue weighted by Crippen LogP contribution is 2.39. The van der Waals surface area contributed by atoms with Crippen LogP contribution in [0, 0.1) is 6.92 Å². The van der Waals surface area contributed by atoms with Crippen molar-refractivity contribution in [2.45, 2.75) is 26.3 Å². The zero-order chi connectivity index (χ0) is 22.9. The summed E-state index contributed by atoms with van der Waals surface area (Å²) in [6.07, 6.45) is 2.46. The van der Waals surface area contributed by atoms with Gasteiger partial charge in [0.25, 0.3) is 0 Å². The van der Waals surface area contributed by atoms with Crippen molar-refractivity contribution in [2.75, 3.05) is 0 Å². The van der Waals surface area contributed by atoms with Gasteiger partial charge in [-0.3, -0.25) is 4.79 Å². The molecule has 5 rings (SSSR count). The molecule has 2 heterocycles. The number of hydrogen-bond donors (Lipinski definition) is 1. The average molecular weight is 437 g/mol. The van der Waals surface area contributed by atoms with E-state index < -0.39 is 0 Å². The number of aromatic nitrogens is 2. The molecule has 6 nitrogen and oxygen atoms in total. The van der Waals surface area contributed by atoms with Crippen molar-refractivity contribution in [3.63, 3.8) is 0 Å². The average Bonchev–Trinajstić information content (AvgIpc) is 3.46. The molecule has 4 aromatic rings. The van der Waals surface area contributed by atoms with Gasteiger partial charge in [-0.15, -0.1) is 0 Å². The van der Waals surface area contributed by atoms with E-state index in [2.05, 4.69) is 17.2 Å². The number of amides is 1. The molecule has 6 heteroatoms. The van der Waals surface area contributed by atoms with E-state index in [9.17, 15) is 9.90 Å². The maximum atomic E-state index is 12.6. The number of nitrogens with zero attached hydrogens (tertiary/aromatic N) is 4. The standard InChI is InChI=1S/C27H24N4O2/c1-18-12-14-20(15-13-18)27-23(17-30(29-27)21-8-4-3-5-9-21)25-16-24(28-31(25)19(2)32)22-10-6-7-11-26(22)33/h3-15,17,25,33H,16H2,1-2H3/t25-/m1/s1. The summed E-state index contributed by atoms with van der Waals surface area (Å²) in [6.45, 7) is 3.56. The molecule has 33 heavy (non-hydrogen) atoms. The van der Waals surface area contributed by atoms with Crippen molar-refractivity contribution >= 4 is 11.6 Å². The molecule has 3 aromatic carbocycles. The topological polar surface area (TPSA) is 70.7 Å². The summed E-state index contributed by atoms with van der Waals surface area (Å²) in [5, 5.41) is 21.4. The minimum Gasteiger partial charge on any atom is -0.507 e. The third-order valence-corrected chi connectivity index (χ3v) is 5.90. The Labute approximate surface area is 192 Å². The number of para-hydroxylation sites is 2. The maximum absolute atomic E-state index is 12.6. The lowest BCUT2D eigenvalue weighted by molar-refractivity contribution is -0.130. The minimum absolute atomic E-state index is 0.152. The van der Waals surface area contributed by atoms with Crippen LogP contribution in [0.4, 0.5) is 0 Å². The first-order chi connectivity index (χ1) is 16.0. The molecule has 0 saturated carbocycles. The van der Waals surface area contributed by atoms with Crippen LogP contribution < -0.4 is 0 Å². The van der Waals surface area contributed by atoms with Gasteiger partial charge in [-0.25, -0.2) is 9.69 Å². The molecule has 1 atom stereocenters. The highest BCUT2D eigenvalue weighted by atomic mass is 16.3. The van der Waals surface area contributed by atoms with Crippen LogP contribution in [0.3, 0.4) is 0 Å². The Balaban J connectivity index is 1.63. The van der Waals surface area contributed by atoms with Crippen molar-refractivity contribution in [3.8, 4) is 22.7 Å². The molecule has 1 aromatic heterocycles. The fraction of sp³-hybridized carbons (Fsp3) is 0.148. The molecule has 0 spiro atoms. The summed E-state index contributed by atoms with van der Waals surface area (Å²) in [6, 6.07) is 24.9. The second kappa shape index (κ2) is 8.39. The normalized spacial score (nSPS) is 15.5. The number of hydrazone groups is 1. The highest BCUT2D eigenvalue weighted by Gasteiger charge is 2.35. The van der Waals surface area contributed by atoms with E-state index in [1.165, 1.54) is 17.5 Å². The Hall–Kier alpha value is -4.19. The molecule has 1 amide bonds. The molecule has 0 radical (unpaired) electrons. The summed E-state index contributed by atoms with van der Waals surface area (Å²) in [7, 11) is 0. The fourth-order valence-corrected chi connectivity index (χ4v) is 4.20. The predicted molar refractivity (Wildman–Crippen MR) is 128 cm³/mol. The molecule has 164 valence electrons. The number of carbonyl (C=O) groups is 1. The Morgan fingerprint density at radius 2 is 1.67 bits per heavy atom. The summed E-state index contributed by atoms with van der Waals surface area (Å²) < 4.78 is 1.85. The number of aromatic hydroxyl groups is 1. The maximum Gasteiger partial charge on any atom is 0.240 e. The van der Waals surface area contributed by atoms with Crippen LogP contribution in [0.5, 0.6) is 5.75 Å². The first kappa shape index (κ1) is 20.7. The van der Waals surface area contributed by atoms with Gasteiger partial charge in [0.05, 0.1) is 23.1 Å². The van der Waals surface area contributed by atoms with Gasteiger partial charge < -0.3 is 5.11 Å². The van der Waals surface area contributed by atoms with Gasteiger partial charge in [-0.05, 0) is 31.2 Å². The number of rotatable bonds is 4. The number of phenols is 1. The van der Waals surface area contributed by atoms with Crippen LogP contribution in [0.25, 0.3) is 16.9 Å². The van der Waals surface area contributed by atoms with E-state index in [4.69, 9.17) is 5.10 Å². The van der Waals surface area contributed by atoms with Crippen LogP contribution in [0.1, 0.15) is 36.1 Å². The largest absolute Gasteiger partial charge is 0.507 e. The van der Waals surface area contributed by atoms with Crippen LogP contribution in [-0.2, 0) is 4.79 Å². The summed E-state index contributed by atoms with van der Waals surface area (Å²) in [5.41, 5.74) is 6.11. The lowest BCUT2D eigenvalue weighted by Gasteiger charge is -2.20. The number of phenolic OH excluding ortho intramolecular Hbond substituents is 1. The molecule has 0 unspecified atom stereocenters. The molecule has 0 saturated heterocycles. The number of carbonyl (C=O) groups excluding carboxylic acids is 1. The third-order valence-electron chi connectivity index (χ3n) is 5.90. The van der Waals surface area contributed by atoms with Crippen molar-refractivity contribution in [3.05, 3.63) is 102 Å². The fourth-order valence-electron chi connectivity index (χ4n) is 4.20. The van der Waals surface area contributed by atoms with Crippen LogP contribution in [0.2, 0.25) is 0 Å². The zero-order valence-electron chi connectivity index (χ0n) is 18.5. The molecule has 0 aliphatic carbocycles. The van der Waals surface area contributed by atoms with Gasteiger partial charge in [-0.2, -0.15) is 10.2 Å².